The Hall–Kier alpha value is -2.39. The second kappa shape index (κ2) is 8.53. The third-order valence-corrected chi connectivity index (χ3v) is 6.35. The van der Waals surface area contributed by atoms with Crippen LogP contribution in [0, 0.1) is 10.1 Å². The summed E-state index contributed by atoms with van der Waals surface area (Å²) in [5.41, 5.74) is 1.19. The molecule has 7 nitrogen and oxygen atoms in total. The zero-order chi connectivity index (χ0) is 19.4. The molecular formula is C18H20N4O3S2. The molecule has 1 unspecified atom stereocenters. The first-order chi connectivity index (χ1) is 13.0. The maximum absolute atomic E-state index is 12.3. The lowest BCUT2D eigenvalue weighted by Crippen LogP contribution is -2.19. The number of carbonyl (C=O) groups is 1. The molecule has 0 fully saturated rings. The van der Waals surface area contributed by atoms with Crippen molar-refractivity contribution in [1.29, 1.82) is 0 Å². The number of para-hydroxylation sites is 2. The first-order valence-electron chi connectivity index (χ1n) is 8.63. The number of nitro benzene ring substituents is 1. The summed E-state index contributed by atoms with van der Waals surface area (Å²) in [4.78, 5) is 28.9. The van der Waals surface area contributed by atoms with Gasteiger partial charge in [0.1, 0.15) is 21.9 Å². The Balaban J connectivity index is 1.69. The molecule has 1 aliphatic rings. The van der Waals surface area contributed by atoms with Crippen LogP contribution in [0.4, 0.5) is 16.4 Å². The number of fused-ring (bicyclic) bond motifs is 1. The van der Waals surface area contributed by atoms with Gasteiger partial charge in [-0.25, -0.2) is 0 Å². The highest BCUT2D eigenvalue weighted by Crippen LogP contribution is 2.43. The molecule has 0 saturated carbocycles. The van der Waals surface area contributed by atoms with Crippen LogP contribution in [0.2, 0.25) is 0 Å². The van der Waals surface area contributed by atoms with Crippen LogP contribution >= 0.6 is 23.1 Å². The number of anilines is 2. The number of carbonyl (C=O) groups excluding carboxylic acids is 1. The van der Waals surface area contributed by atoms with Crippen molar-refractivity contribution in [3.05, 3.63) is 50.9 Å². The second-order valence-corrected chi connectivity index (χ2v) is 8.10. The van der Waals surface area contributed by atoms with Gasteiger partial charge in [0.25, 0.3) is 5.69 Å². The standard InChI is InChI=1S/C18H20N4O3S2/c1-3-11-9-12-17(20-15(4-2)21-18(12)27-11)26-10-16(23)19-13-7-5-6-8-14(13)22(24)25/h5-9,17H,3-4,10H2,1-2H3,(H,19,23)(H,20,21). The molecule has 1 aliphatic heterocycles. The van der Waals surface area contributed by atoms with Crippen LogP contribution in [-0.2, 0) is 11.2 Å². The monoisotopic (exact) mass is 404 g/mol. The summed E-state index contributed by atoms with van der Waals surface area (Å²) in [6, 6.07) is 8.27. The number of thioether (sulfide) groups is 1. The van der Waals surface area contributed by atoms with Crippen molar-refractivity contribution in [2.75, 3.05) is 16.4 Å². The fourth-order valence-electron chi connectivity index (χ4n) is 2.67. The predicted molar refractivity (Wildman–Crippen MR) is 112 cm³/mol. The van der Waals surface area contributed by atoms with E-state index < -0.39 is 4.92 Å². The van der Waals surface area contributed by atoms with E-state index in [1.54, 1.807) is 23.5 Å². The molecule has 2 heterocycles. The number of nitro groups is 1. The lowest BCUT2D eigenvalue weighted by atomic mass is 10.2. The average Bonchev–Trinajstić information content (AvgIpc) is 3.09. The Bertz CT molecular complexity index is 894. The second-order valence-electron chi connectivity index (χ2n) is 5.89. The summed E-state index contributed by atoms with van der Waals surface area (Å²) in [6.07, 6.45) is 1.74. The molecule has 0 aliphatic carbocycles. The topological polar surface area (TPSA) is 96.6 Å². The van der Waals surface area contributed by atoms with E-state index in [0.717, 1.165) is 29.2 Å². The summed E-state index contributed by atoms with van der Waals surface area (Å²) >= 11 is 3.14. The Morgan fingerprint density at radius 3 is 2.85 bits per heavy atom. The number of thiophene rings is 1. The Morgan fingerprint density at radius 1 is 1.37 bits per heavy atom. The smallest absolute Gasteiger partial charge is 0.292 e. The van der Waals surface area contributed by atoms with E-state index in [9.17, 15) is 14.9 Å². The highest BCUT2D eigenvalue weighted by atomic mass is 32.2. The van der Waals surface area contributed by atoms with E-state index in [2.05, 4.69) is 23.6 Å². The van der Waals surface area contributed by atoms with Crippen LogP contribution in [0.25, 0.3) is 0 Å². The number of rotatable bonds is 7. The van der Waals surface area contributed by atoms with Gasteiger partial charge in [-0.05, 0) is 18.6 Å². The van der Waals surface area contributed by atoms with Gasteiger partial charge in [0.2, 0.25) is 5.91 Å². The van der Waals surface area contributed by atoms with Crippen molar-refractivity contribution < 1.29 is 9.72 Å². The van der Waals surface area contributed by atoms with Crippen molar-refractivity contribution >= 4 is 51.2 Å². The van der Waals surface area contributed by atoms with E-state index in [-0.39, 0.29) is 28.4 Å². The minimum Gasteiger partial charge on any atom is -0.335 e. The fourth-order valence-corrected chi connectivity index (χ4v) is 4.75. The largest absolute Gasteiger partial charge is 0.335 e. The zero-order valence-electron chi connectivity index (χ0n) is 15.0. The number of aryl methyl sites for hydroxylation is 1. The highest BCUT2D eigenvalue weighted by Gasteiger charge is 2.25. The molecule has 2 N–H and O–H groups in total. The van der Waals surface area contributed by atoms with E-state index in [0.29, 0.717) is 0 Å². The molecule has 0 saturated heterocycles. The molecule has 2 aromatic rings. The fraction of sp³-hybridized carbons (Fsp3) is 0.333. The van der Waals surface area contributed by atoms with Gasteiger partial charge in [0.15, 0.2) is 0 Å². The van der Waals surface area contributed by atoms with E-state index in [4.69, 9.17) is 4.99 Å². The number of nitrogens with zero attached hydrogens (tertiary/aromatic N) is 2. The van der Waals surface area contributed by atoms with Gasteiger partial charge in [-0.2, -0.15) is 0 Å². The van der Waals surface area contributed by atoms with Crippen LogP contribution in [0.1, 0.15) is 36.1 Å². The molecule has 0 spiro atoms. The minimum absolute atomic E-state index is 0.114. The third-order valence-electron chi connectivity index (χ3n) is 4.04. The molecule has 0 radical (unpaired) electrons. The summed E-state index contributed by atoms with van der Waals surface area (Å²) in [5, 5.41) is 18.0. The number of aliphatic imine (C=N–C) groups is 1. The normalized spacial score (nSPS) is 15.5. The molecule has 1 aromatic carbocycles. The van der Waals surface area contributed by atoms with E-state index in [1.165, 1.54) is 28.8 Å². The molecule has 9 heteroatoms. The van der Waals surface area contributed by atoms with Crippen LogP contribution < -0.4 is 10.6 Å². The van der Waals surface area contributed by atoms with Gasteiger partial charge in [-0.3, -0.25) is 19.9 Å². The molecule has 1 atom stereocenters. The number of hydrogen-bond donors (Lipinski definition) is 2. The zero-order valence-corrected chi connectivity index (χ0v) is 16.7. The van der Waals surface area contributed by atoms with Crippen LogP contribution in [0.3, 0.4) is 0 Å². The van der Waals surface area contributed by atoms with Gasteiger partial charge in [-0.1, -0.05) is 26.0 Å². The quantitative estimate of drug-likeness (QED) is 0.509. The Kier molecular flexibility index (Phi) is 6.12. The number of nitrogens with one attached hydrogen (secondary N) is 2. The van der Waals surface area contributed by atoms with Gasteiger partial charge in [0, 0.05) is 22.9 Å². The van der Waals surface area contributed by atoms with Gasteiger partial charge < -0.3 is 10.6 Å². The average molecular weight is 405 g/mol. The Morgan fingerprint density at radius 2 is 2.15 bits per heavy atom. The predicted octanol–water partition coefficient (Wildman–Crippen LogP) is 4.82. The number of amides is 1. The van der Waals surface area contributed by atoms with Crippen molar-refractivity contribution in [3.63, 3.8) is 0 Å². The Labute approximate surface area is 165 Å². The number of amidine groups is 1. The first-order valence-corrected chi connectivity index (χ1v) is 10.5. The third kappa shape index (κ3) is 4.48. The van der Waals surface area contributed by atoms with E-state index in [1.807, 2.05) is 6.92 Å². The van der Waals surface area contributed by atoms with Gasteiger partial charge >= 0.3 is 0 Å². The molecule has 142 valence electrons. The maximum Gasteiger partial charge on any atom is 0.292 e. The lowest BCUT2D eigenvalue weighted by molar-refractivity contribution is -0.383. The van der Waals surface area contributed by atoms with Crippen LogP contribution in [0.5, 0.6) is 0 Å². The highest BCUT2D eigenvalue weighted by molar-refractivity contribution is 8.00. The molecular weight excluding hydrogens is 384 g/mol. The van der Waals surface area contributed by atoms with Gasteiger partial charge in [-0.15, -0.1) is 23.1 Å². The van der Waals surface area contributed by atoms with Gasteiger partial charge in [0.05, 0.1) is 10.7 Å². The first kappa shape index (κ1) is 19.4. The molecule has 1 amide bonds. The van der Waals surface area contributed by atoms with Crippen molar-refractivity contribution in [1.82, 2.24) is 0 Å². The van der Waals surface area contributed by atoms with E-state index >= 15 is 0 Å². The van der Waals surface area contributed by atoms with Crippen molar-refractivity contribution in [2.45, 2.75) is 32.1 Å². The van der Waals surface area contributed by atoms with Crippen LogP contribution in [-0.4, -0.2) is 22.4 Å². The molecule has 1 aromatic heterocycles. The lowest BCUT2D eigenvalue weighted by Gasteiger charge is -2.21. The maximum atomic E-state index is 12.3. The van der Waals surface area contributed by atoms with Crippen molar-refractivity contribution in [2.24, 2.45) is 4.99 Å². The van der Waals surface area contributed by atoms with Crippen LogP contribution in [0.15, 0.2) is 35.3 Å². The summed E-state index contributed by atoms with van der Waals surface area (Å²) in [7, 11) is 0. The molecule has 27 heavy (non-hydrogen) atoms. The molecule has 0 bridgehead atoms. The minimum atomic E-state index is -0.503. The summed E-state index contributed by atoms with van der Waals surface area (Å²) in [6.45, 7) is 4.15. The van der Waals surface area contributed by atoms with Crippen molar-refractivity contribution in [3.8, 4) is 0 Å². The SMILES string of the molecule is CCC1=NC(SCC(=O)Nc2ccccc2[N+](=O)[O-])c2cc(CC)sc2N1. The molecule has 3 rings (SSSR count). The number of benzene rings is 1. The summed E-state index contributed by atoms with van der Waals surface area (Å²) < 4.78 is 0. The number of hydrogen-bond acceptors (Lipinski definition) is 7. The summed E-state index contributed by atoms with van der Waals surface area (Å²) in [5.74, 6) is 0.783.